The number of aromatic nitrogens is 1. The van der Waals surface area contributed by atoms with E-state index in [1.54, 1.807) is 11.3 Å². The molecule has 3 aromatic rings. The average molecular weight is 437 g/mol. The van der Waals surface area contributed by atoms with E-state index in [-0.39, 0.29) is 9.79 Å². The van der Waals surface area contributed by atoms with Crippen molar-refractivity contribution >= 4 is 36.7 Å². The first-order valence-corrected chi connectivity index (χ1v) is 13.1. The molecular formula is C19H20N2O4S3. The molecule has 148 valence electrons. The number of rotatable bonds is 7. The van der Waals surface area contributed by atoms with Crippen LogP contribution in [0, 0.1) is 0 Å². The molecule has 0 saturated carbocycles. The molecule has 0 atom stereocenters. The van der Waals surface area contributed by atoms with Crippen molar-refractivity contribution in [2.45, 2.75) is 16.2 Å². The smallest absolute Gasteiger partial charge is 0.177 e. The minimum absolute atomic E-state index is 0.0227. The van der Waals surface area contributed by atoms with E-state index in [1.165, 1.54) is 18.2 Å². The van der Waals surface area contributed by atoms with Crippen molar-refractivity contribution in [3.8, 4) is 10.6 Å². The zero-order valence-electron chi connectivity index (χ0n) is 15.4. The molecule has 0 aliphatic rings. The Morgan fingerprint density at radius 2 is 1.68 bits per heavy atom. The summed E-state index contributed by atoms with van der Waals surface area (Å²) >= 11 is 1.56. The van der Waals surface area contributed by atoms with E-state index >= 15 is 0 Å². The summed E-state index contributed by atoms with van der Waals surface area (Å²) in [6.45, 7) is 0.471. The average Bonchev–Trinajstić information content (AvgIpc) is 3.10. The van der Waals surface area contributed by atoms with E-state index in [9.17, 15) is 16.8 Å². The number of benzene rings is 2. The zero-order valence-corrected chi connectivity index (χ0v) is 17.9. The zero-order chi connectivity index (χ0) is 20.4. The molecule has 2 aromatic carbocycles. The summed E-state index contributed by atoms with van der Waals surface area (Å²) in [6, 6.07) is 14.0. The SMILES string of the molecule is CS(=O)(=O)c1ccc(NCCc2csc(-c3ccccc3)n2)c(S(C)(=O)=O)c1. The first-order valence-electron chi connectivity index (χ1n) is 8.42. The number of sulfone groups is 2. The van der Waals surface area contributed by atoms with Crippen LogP contribution in [0.15, 0.2) is 63.7 Å². The molecule has 0 aliphatic carbocycles. The maximum absolute atomic E-state index is 12.1. The summed E-state index contributed by atoms with van der Waals surface area (Å²) in [7, 11) is -7.07. The highest BCUT2D eigenvalue weighted by atomic mass is 32.2. The molecule has 9 heteroatoms. The van der Waals surface area contributed by atoms with E-state index in [1.807, 2.05) is 35.7 Å². The van der Waals surface area contributed by atoms with Crippen LogP contribution in [-0.4, -0.2) is 40.9 Å². The van der Waals surface area contributed by atoms with Crippen molar-refractivity contribution in [1.82, 2.24) is 4.98 Å². The van der Waals surface area contributed by atoms with Crippen LogP contribution in [0.2, 0.25) is 0 Å². The Kier molecular flexibility index (Phi) is 5.87. The van der Waals surface area contributed by atoms with Crippen molar-refractivity contribution < 1.29 is 16.8 Å². The molecule has 0 amide bonds. The quantitative estimate of drug-likeness (QED) is 0.611. The van der Waals surface area contributed by atoms with Gasteiger partial charge >= 0.3 is 0 Å². The van der Waals surface area contributed by atoms with Gasteiger partial charge in [-0.3, -0.25) is 0 Å². The van der Waals surface area contributed by atoms with Gasteiger partial charge in [0.05, 0.1) is 21.2 Å². The third kappa shape index (κ3) is 4.98. The predicted octanol–water partition coefficient (Wildman–Crippen LogP) is 3.27. The Balaban J connectivity index is 1.74. The first kappa shape index (κ1) is 20.5. The molecule has 6 nitrogen and oxygen atoms in total. The highest BCUT2D eigenvalue weighted by Crippen LogP contribution is 2.26. The van der Waals surface area contributed by atoms with E-state index in [2.05, 4.69) is 10.3 Å². The normalized spacial score (nSPS) is 12.1. The van der Waals surface area contributed by atoms with Gasteiger partial charge < -0.3 is 5.32 Å². The summed E-state index contributed by atoms with van der Waals surface area (Å²) < 4.78 is 47.6. The van der Waals surface area contributed by atoms with Crippen LogP contribution < -0.4 is 5.32 Å². The Bertz CT molecular complexity index is 1180. The standard InChI is InChI=1S/C19H20N2O4S3/c1-27(22,23)16-8-9-17(18(12-16)28(2,24)25)20-11-10-15-13-26-19(21-15)14-6-4-3-5-7-14/h3-9,12-13,20H,10-11H2,1-2H3. The lowest BCUT2D eigenvalue weighted by Gasteiger charge is -2.12. The lowest BCUT2D eigenvalue weighted by atomic mass is 10.2. The predicted molar refractivity (Wildman–Crippen MR) is 112 cm³/mol. The molecule has 0 spiro atoms. The summed E-state index contributed by atoms with van der Waals surface area (Å²) in [5.41, 5.74) is 2.35. The fourth-order valence-electron chi connectivity index (χ4n) is 2.65. The van der Waals surface area contributed by atoms with Crippen molar-refractivity contribution in [3.05, 3.63) is 59.6 Å². The molecule has 1 N–H and O–H groups in total. The largest absolute Gasteiger partial charge is 0.384 e. The lowest BCUT2D eigenvalue weighted by Crippen LogP contribution is -2.11. The minimum atomic E-state index is -3.58. The molecule has 0 saturated heterocycles. The molecule has 28 heavy (non-hydrogen) atoms. The van der Waals surface area contributed by atoms with Gasteiger partial charge in [0.15, 0.2) is 19.7 Å². The monoisotopic (exact) mass is 436 g/mol. The number of anilines is 1. The molecule has 0 bridgehead atoms. The van der Waals surface area contributed by atoms with Crippen LogP contribution in [0.25, 0.3) is 10.6 Å². The van der Waals surface area contributed by atoms with Gasteiger partial charge in [-0.15, -0.1) is 11.3 Å². The third-order valence-electron chi connectivity index (χ3n) is 4.05. The van der Waals surface area contributed by atoms with Crippen molar-refractivity contribution in [3.63, 3.8) is 0 Å². The fourth-order valence-corrected chi connectivity index (χ4v) is 5.11. The first-order chi connectivity index (χ1) is 13.1. The van der Waals surface area contributed by atoms with Gasteiger partial charge in [-0.05, 0) is 18.2 Å². The molecule has 1 heterocycles. The van der Waals surface area contributed by atoms with Crippen molar-refractivity contribution in [2.75, 3.05) is 24.4 Å². The van der Waals surface area contributed by atoms with Crippen LogP contribution in [0.5, 0.6) is 0 Å². The van der Waals surface area contributed by atoms with E-state index in [0.29, 0.717) is 18.7 Å². The van der Waals surface area contributed by atoms with Gasteiger partial charge in [0.2, 0.25) is 0 Å². The molecule has 0 unspecified atom stereocenters. The Morgan fingerprint density at radius 3 is 2.32 bits per heavy atom. The number of nitrogens with one attached hydrogen (secondary N) is 1. The highest BCUT2D eigenvalue weighted by molar-refractivity contribution is 7.91. The fraction of sp³-hybridized carbons (Fsp3) is 0.211. The third-order valence-corrected chi connectivity index (χ3v) is 7.24. The van der Waals surface area contributed by atoms with E-state index in [0.717, 1.165) is 28.8 Å². The van der Waals surface area contributed by atoms with Crippen molar-refractivity contribution in [2.24, 2.45) is 0 Å². The van der Waals surface area contributed by atoms with Crippen LogP contribution >= 0.6 is 11.3 Å². The second kappa shape index (κ2) is 8.02. The number of thiazole rings is 1. The van der Waals surface area contributed by atoms with Gasteiger partial charge in [0.1, 0.15) is 5.01 Å². The molecular weight excluding hydrogens is 416 g/mol. The second-order valence-corrected chi connectivity index (χ2v) is 11.2. The van der Waals surface area contributed by atoms with Crippen LogP contribution in [0.3, 0.4) is 0 Å². The number of nitrogens with zero attached hydrogens (tertiary/aromatic N) is 1. The maximum atomic E-state index is 12.1. The molecule has 3 rings (SSSR count). The van der Waals surface area contributed by atoms with E-state index < -0.39 is 19.7 Å². The van der Waals surface area contributed by atoms with Crippen LogP contribution in [-0.2, 0) is 26.1 Å². The molecule has 0 aliphatic heterocycles. The lowest BCUT2D eigenvalue weighted by molar-refractivity contribution is 0.600. The number of hydrogen-bond donors (Lipinski definition) is 1. The van der Waals surface area contributed by atoms with Gasteiger partial charge in [0.25, 0.3) is 0 Å². The van der Waals surface area contributed by atoms with Gasteiger partial charge in [-0.1, -0.05) is 30.3 Å². The topological polar surface area (TPSA) is 93.2 Å². The molecule has 0 radical (unpaired) electrons. The minimum Gasteiger partial charge on any atom is -0.384 e. The number of hydrogen-bond acceptors (Lipinski definition) is 7. The Hall–Kier alpha value is -2.23. The summed E-state index contributed by atoms with van der Waals surface area (Å²) in [4.78, 5) is 4.56. The highest BCUT2D eigenvalue weighted by Gasteiger charge is 2.18. The Morgan fingerprint density at radius 1 is 0.964 bits per heavy atom. The summed E-state index contributed by atoms with van der Waals surface area (Å²) in [5.74, 6) is 0. The molecule has 0 fully saturated rings. The molecule has 1 aromatic heterocycles. The van der Waals surface area contributed by atoms with E-state index in [4.69, 9.17) is 0 Å². The second-order valence-electron chi connectivity index (χ2n) is 6.39. The summed E-state index contributed by atoms with van der Waals surface area (Å²) in [6.07, 6.45) is 2.72. The van der Waals surface area contributed by atoms with Gasteiger partial charge in [-0.2, -0.15) is 0 Å². The van der Waals surface area contributed by atoms with Gasteiger partial charge in [0, 0.05) is 36.4 Å². The summed E-state index contributed by atoms with van der Waals surface area (Å²) in [5, 5.41) is 6.00. The van der Waals surface area contributed by atoms with Crippen LogP contribution in [0.4, 0.5) is 5.69 Å². The van der Waals surface area contributed by atoms with Gasteiger partial charge in [-0.25, -0.2) is 21.8 Å². The Labute approximate surface area is 169 Å². The maximum Gasteiger partial charge on any atom is 0.177 e. The van der Waals surface area contributed by atoms with Crippen molar-refractivity contribution in [1.29, 1.82) is 0 Å². The van der Waals surface area contributed by atoms with Crippen LogP contribution in [0.1, 0.15) is 5.69 Å².